The van der Waals surface area contributed by atoms with E-state index in [-0.39, 0.29) is 12.0 Å². The standard InChI is InChI=1S/C20H22N2O4S/c1-12-15(13-7-3-2-4-8-13)16(17(21)24)18(27-12)22-14(23)11-20(19(25)26)9-5-6-10-20/h2-4,7-8H,5-6,9-11H2,1H3,(H2,21,24)(H,22,23)(H,25,26). The third kappa shape index (κ3) is 3.73. The van der Waals surface area contributed by atoms with Crippen LogP contribution in [0.4, 0.5) is 5.00 Å². The molecular formula is C20H22N2O4S. The van der Waals surface area contributed by atoms with Crippen molar-refractivity contribution in [2.45, 2.75) is 39.0 Å². The molecule has 27 heavy (non-hydrogen) atoms. The number of thiophene rings is 1. The highest BCUT2D eigenvalue weighted by atomic mass is 32.1. The SMILES string of the molecule is Cc1sc(NC(=O)CC2(C(=O)O)CCCC2)c(C(N)=O)c1-c1ccccc1. The molecule has 0 atom stereocenters. The number of carboxylic acids is 1. The molecule has 1 aromatic carbocycles. The second kappa shape index (κ2) is 7.52. The van der Waals surface area contributed by atoms with Gasteiger partial charge in [-0.15, -0.1) is 11.3 Å². The Kier molecular flexibility index (Phi) is 5.32. The molecule has 142 valence electrons. The zero-order valence-corrected chi connectivity index (χ0v) is 15.9. The topological polar surface area (TPSA) is 109 Å². The first kappa shape index (κ1) is 19.1. The molecule has 1 heterocycles. The lowest BCUT2D eigenvalue weighted by Crippen LogP contribution is -2.33. The van der Waals surface area contributed by atoms with E-state index in [4.69, 9.17) is 5.73 Å². The molecule has 1 fully saturated rings. The highest BCUT2D eigenvalue weighted by Gasteiger charge is 2.43. The van der Waals surface area contributed by atoms with E-state index < -0.39 is 23.2 Å². The Morgan fingerprint density at radius 1 is 1.19 bits per heavy atom. The average Bonchev–Trinajstić information content (AvgIpc) is 3.20. The molecule has 2 amide bonds. The van der Waals surface area contributed by atoms with E-state index in [1.807, 2.05) is 37.3 Å². The van der Waals surface area contributed by atoms with Crippen molar-refractivity contribution < 1.29 is 19.5 Å². The van der Waals surface area contributed by atoms with Gasteiger partial charge in [-0.2, -0.15) is 0 Å². The maximum atomic E-state index is 12.6. The minimum absolute atomic E-state index is 0.0991. The van der Waals surface area contributed by atoms with E-state index in [1.165, 1.54) is 11.3 Å². The highest BCUT2D eigenvalue weighted by Crippen LogP contribution is 2.43. The Hall–Kier alpha value is -2.67. The minimum atomic E-state index is -1.01. The first-order valence-corrected chi connectivity index (χ1v) is 9.67. The fourth-order valence-electron chi connectivity index (χ4n) is 3.82. The second-order valence-corrected chi connectivity index (χ2v) is 8.21. The summed E-state index contributed by atoms with van der Waals surface area (Å²) in [5.41, 5.74) is 6.42. The minimum Gasteiger partial charge on any atom is -0.481 e. The van der Waals surface area contributed by atoms with Crippen molar-refractivity contribution in [3.63, 3.8) is 0 Å². The summed E-state index contributed by atoms with van der Waals surface area (Å²) in [6.07, 6.45) is 2.51. The Bertz CT molecular complexity index is 883. The van der Waals surface area contributed by atoms with Crippen LogP contribution in [0.1, 0.15) is 47.3 Å². The molecule has 1 aliphatic carbocycles. The molecule has 0 aliphatic heterocycles. The number of anilines is 1. The number of hydrogen-bond donors (Lipinski definition) is 3. The van der Waals surface area contributed by atoms with Crippen molar-refractivity contribution in [3.05, 3.63) is 40.8 Å². The van der Waals surface area contributed by atoms with Crippen molar-refractivity contribution in [1.29, 1.82) is 0 Å². The summed E-state index contributed by atoms with van der Waals surface area (Å²) < 4.78 is 0. The molecule has 4 N–H and O–H groups in total. The van der Waals surface area contributed by atoms with Gasteiger partial charge in [0.2, 0.25) is 5.91 Å². The molecule has 3 rings (SSSR count). The number of primary amides is 1. The normalized spacial score (nSPS) is 15.4. The van der Waals surface area contributed by atoms with Gasteiger partial charge in [-0.25, -0.2) is 0 Å². The van der Waals surface area contributed by atoms with Gasteiger partial charge in [-0.1, -0.05) is 43.2 Å². The number of rotatable bonds is 6. The van der Waals surface area contributed by atoms with Gasteiger partial charge < -0.3 is 16.2 Å². The summed E-state index contributed by atoms with van der Waals surface area (Å²) in [6, 6.07) is 9.37. The van der Waals surface area contributed by atoms with Gasteiger partial charge in [0.25, 0.3) is 5.91 Å². The Morgan fingerprint density at radius 2 is 1.81 bits per heavy atom. The number of amides is 2. The van der Waals surface area contributed by atoms with Crippen molar-refractivity contribution >= 4 is 34.1 Å². The van der Waals surface area contributed by atoms with E-state index in [9.17, 15) is 19.5 Å². The van der Waals surface area contributed by atoms with Crippen LogP contribution in [0, 0.1) is 12.3 Å². The van der Waals surface area contributed by atoms with Crippen LogP contribution in [-0.4, -0.2) is 22.9 Å². The van der Waals surface area contributed by atoms with Gasteiger partial charge in [0, 0.05) is 16.9 Å². The number of carboxylic acid groups (broad SMARTS) is 1. The summed E-state index contributed by atoms with van der Waals surface area (Å²) in [7, 11) is 0. The van der Waals surface area contributed by atoms with Crippen molar-refractivity contribution in [2.75, 3.05) is 5.32 Å². The van der Waals surface area contributed by atoms with E-state index in [1.54, 1.807) is 0 Å². The number of hydrogen-bond acceptors (Lipinski definition) is 4. The van der Waals surface area contributed by atoms with Crippen LogP contribution in [0.25, 0.3) is 11.1 Å². The van der Waals surface area contributed by atoms with E-state index in [2.05, 4.69) is 5.32 Å². The zero-order chi connectivity index (χ0) is 19.6. The summed E-state index contributed by atoms with van der Waals surface area (Å²) in [5, 5.41) is 12.7. The molecule has 0 radical (unpaired) electrons. The van der Waals surface area contributed by atoms with Gasteiger partial charge in [0.15, 0.2) is 0 Å². The van der Waals surface area contributed by atoms with E-state index >= 15 is 0 Å². The van der Waals surface area contributed by atoms with Gasteiger partial charge in [-0.05, 0) is 25.3 Å². The zero-order valence-electron chi connectivity index (χ0n) is 15.1. The van der Waals surface area contributed by atoms with Crippen LogP contribution < -0.4 is 11.1 Å². The first-order valence-electron chi connectivity index (χ1n) is 8.86. The van der Waals surface area contributed by atoms with Crippen LogP contribution in [0.2, 0.25) is 0 Å². The van der Waals surface area contributed by atoms with E-state index in [0.29, 0.717) is 23.4 Å². The van der Waals surface area contributed by atoms with Crippen LogP contribution in [-0.2, 0) is 9.59 Å². The molecule has 0 bridgehead atoms. The monoisotopic (exact) mass is 386 g/mol. The number of aliphatic carboxylic acids is 1. The van der Waals surface area contributed by atoms with Crippen LogP contribution in [0.3, 0.4) is 0 Å². The summed E-state index contributed by atoms with van der Waals surface area (Å²) in [6.45, 7) is 1.87. The third-order valence-electron chi connectivity index (χ3n) is 5.16. The first-order chi connectivity index (χ1) is 12.8. The molecule has 2 aromatic rings. The van der Waals surface area contributed by atoms with Gasteiger partial charge >= 0.3 is 5.97 Å². The molecule has 1 aliphatic rings. The Labute approximate surface area is 161 Å². The average molecular weight is 386 g/mol. The molecule has 6 nitrogen and oxygen atoms in total. The highest BCUT2D eigenvalue weighted by molar-refractivity contribution is 7.17. The molecule has 0 saturated heterocycles. The van der Waals surface area contributed by atoms with Crippen molar-refractivity contribution in [3.8, 4) is 11.1 Å². The van der Waals surface area contributed by atoms with Gasteiger partial charge in [-0.3, -0.25) is 14.4 Å². The maximum Gasteiger partial charge on any atom is 0.310 e. The van der Waals surface area contributed by atoms with Gasteiger partial charge in [0.05, 0.1) is 11.0 Å². The number of carbonyl (C=O) groups excluding carboxylic acids is 2. The summed E-state index contributed by atoms with van der Waals surface area (Å²) >= 11 is 1.28. The molecule has 0 unspecified atom stereocenters. The van der Waals surface area contributed by atoms with Crippen LogP contribution in [0.15, 0.2) is 30.3 Å². The molecule has 1 aromatic heterocycles. The second-order valence-electron chi connectivity index (χ2n) is 6.99. The Balaban J connectivity index is 1.90. The Morgan fingerprint density at radius 3 is 2.37 bits per heavy atom. The molecule has 7 heteroatoms. The van der Waals surface area contributed by atoms with E-state index in [0.717, 1.165) is 23.3 Å². The summed E-state index contributed by atoms with van der Waals surface area (Å²) in [5.74, 6) is -1.96. The quantitative estimate of drug-likeness (QED) is 0.701. The number of nitrogens with one attached hydrogen (secondary N) is 1. The lowest BCUT2D eigenvalue weighted by atomic mass is 9.82. The predicted molar refractivity (Wildman–Crippen MR) is 105 cm³/mol. The lowest BCUT2D eigenvalue weighted by molar-refractivity contribution is -0.150. The van der Waals surface area contributed by atoms with Crippen LogP contribution >= 0.6 is 11.3 Å². The fraction of sp³-hybridized carbons (Fsp3) is 0.350. The third-order valence-corrected chi connectivity index (χ3v) is 6.18. The maximum absolute atomic E-state index is 12.6. The predicted octanol–water partition coefficient (Wildman–Crippen LogP) is 3.80. The molecular weight excluding hydrogens is 364 g/mol. The number of carbonyl (C=O) groups is 3. The largest absolute Gasteiger partial charge is 0.481 e. The number of benzene rings is 1. The summed E-state index contributed by atoms with van der Waals surface area (Å²) in [4.78, 5) is 37.2. The van der Waals surface area contributed by atoms with Crippen molar-refractivity contribution in [1.82, 2.24) is 0 Å². The number of nitrogens with two attached hydrogens (primary N) is 1. The lowest BCUT2D eigenvalue weighted by Gasteiger charge is -2.22. The smallest absolute Gasteiger partial charge is 0.310 e. The molecule has 1 saturated carbocycles. The van der Waals surface area contributed by atoms with Crippen molar-refractivity contribution in [2.24, 2.45) is 11.1 Å². The molecule has 0 spiro atoms. The number of aryl methyl sites for hydroxylation is 1. The van der Waals surface area contributed by atoms with Gasteiger partial charge in [0.1, 0.15) is 5.00 Å². The fourth-order valence-corrected chi connectivity index (χ4v) is 4.91. The van der Waals surface area contributed by atoms with Crippen LogP contribution in [0.5, 0.6) is 0 Å².